The molecule has 1 aromatic carbocycles. The minimum atomic E-state index is 0.0196. The minimum absolute atomic E-state index is 0.0196. The molecule has 0 spiro atoms. The highest BCUT2D eigenvalue weighted by molar-refractivity contribution is 7.80. The quantitative estimate of drug-likeness (QED) is 0.511. The third-order valence-electron chi connectivity index (χ3n) is 4.41. The van der Waals surface area contributed by atoms with Gasteiger partial charge in [-0.3, -0.25) is 9.69 Å². The molecule has 6 heteroatoms. The maximum absolute atomic E-state index is 11.5. The van der Waals surface area contributed by atoms with Gasteiger partial charge in [0.15, 0.2) is 5.11 Å². The number of nitrogens with one attached hydrogen (secondary N) is 3. The Morgan fingerprint density at radius 2 is 1.80 bits per heavy atom. The molecule has 1 aromatic rings. The van der Waals surface area contributed by atoms with E-state index in [4.69, 9.17) is 12.2 Å². The largest absolute Gasteiger partial charge is 0.361 e. The molecule has 138 valence electrons. The molecule has 1 heterocycles. The van der Waals surface area contributed by atoms with Crippen molar-refractivity contribution >= 4 is 23.2 Å². The fourth-order valence-corrected chi connectivity index (χ4v) is 3.15. The van der Waals surface area contributed by atoms with E-state index < -0.39 is 0 Å². The second-order valence-electron chi connectivity index (χ2n) is 6.88. The summed E-state index contributed by atoms with van der Waals surface area (Å²) in [4.78, 5) is 14.0. The molecule has 0 saturated carbocycles. The van der Waals surface area contributed by atoms with Crippen molar-refractivity contribution in [1.29, 1.82) is 0 Å². The highest BCUT2D eigenvalue weighted by atomic mass is 32.1. The molecule has 0 bridgehead atoms. The van der Waals surface area contributed by atoms with Crippen molar-refractivity contribution in [3.8, 4) is 0 Å². The van der Waals surface area contributed by atoms with Crippen LogP contribution >= 0.6 is 12.2 Å². The van der Waals surface area contributed by atoms with Crippen molar-refractivity contribution in [2.24, 2.45) is 5.92 Å². The van der Waals surface area contributed by atoms with E-state index in [2.05, 4.69) is 51.2 Å². The Morgan fingerprint density at radius 1 is 1.16 bits per heavy atom. The van der Waals surface area contributed by atoms with Crippen LogP contribution in [0.15, 0.2) is 30.3 Å². The van der Waals surface area contributed by atoms with E-state index >= 15 is 0 Å². The van der Waals surface area contributed by atoms with Crippen LogP contribution < -0.4 is 16.0 Å². The Labute approximate surface area is 156 Å². The van der Waals surface area contributed by atoms with Crippen LogP contribution in [0.5, 0.6) is 0 Å². The van der Waals surface area contributed by atoms with Crippen molar-refractivity contribution in [2.45, 2.75) is 39.3 Å². The number of benzene rings is 1. The molecule has 25 heavy (non-hydrogen) atoms. The molecule has 1 amide bonds. The SMILES string of the molecule is CC(C)C(=O)NCCNC(=S)NC1CCN(Cc2ccccc2)CC1. The van der Waals surface area contributed by atoms with E-state index in [-0.39, 0.29) is 11.8 Å². The van der Waals surface area contributed by atoms with Gasteiger partial charge in [0.2, 0.25) is 5.91 Å². The van der Waals surface area contributed by atoms with Crippen LogP contribution in [0.1, 0.15) is 32.3 Å². The Bertz CT molecular complexity index is 542. The van der Waals surface area contributed by atoms with E-state index in [1.54, 1.807) is 0 Å². The molecule has 0 unspecified atom stereocenters. The number of carbonyl (C=O) groups is 1. The fourth-order valence-electron chi connectivity index (χ4n) is 2.88. The smallest absolute Gasteiger partial charge is 0.222 e. The number of thiocarbonyl (C=S) groups is 1. The summed E-state index contributed by atoms with van der Waals surface area (Å²) in [6.45, 7) is 8.20. The monoisotopic (exact) mass is 362 g/mol. The lowest BCUT2D eigenvalue weighted by molar-refractivity contribution is -0.123. The molecule has 1 aliphatic rings. The lowest BCUT2D eigenvalue weighted by atomic mass is 10.0. The zero-order valence-electron chi connectivity index (χ0n) is 15.3. The van der Waals surface area contributed by atoms with Gasteiger partial charge < -0.3 is 16.0 Å². The van der Waals surface area contributed by atoms with Crippen molar-refractivity contribution in [2.75, 3.05) is 26.2 Å². The first-order chi connectivity index (χ1) is 12.0. The second kappa shape index (κ2) is 10.4. The molecular formula is C19H30N4OS. The van der Waals surface area contributed by atoms with Gasteiger partial charge >= 0.3 is 0 Å². The van der Waals surface area contributed by atoms with Crippen LogP contribution in [0.3, 0.4) is 0 Å². The van der Waals surface area contributed by atoms with Gasteiger partial charge in [-0.2, -0.15) is 0 Å². The predicted molar refractivity (Wildman–Crippen MR) is 106 cm³/mol. The average molecular weight is 363 g/mol. The van der Waals surface area contributed by atoms with Crippen LogP contribution in [-0.2, 0) is 11.3 Å². The van der Waals surface area contributed by atoms with E-state index in [0.29, 0.717) is 24.2 Å². The van der Waals surface area contributed by atoms with E-state index in [0.717, 1.165) is 32.5 Å². The number of rotatable bonds is 7. The summed E-state index contributed by atoms with van der Waals surface area (Å²) in [5, 5.41) is 10.1. The van der Waals surface area contributed by atoms with Crippen LogP contribution in [0.4, 0.5) is 0 Å². The molecule has 1 fully saturated rings. The highest BCUT2D eigenvalue weighted by Crippen LogP contribution is 2.13. The van der Waals surface area contributed by atoms with Gasteiger partial charge in [0.05, 0.1) is 0 Å². The molecule has 0 atom stereocenters. The van der Waals surface area contributed by atoms with Gasteiger partial charge in [-0.1, -0.05) is 44.2 Å². The molecule has 5 nitrogen and oxygen atoms in total. The zero-order valence-corrected chi connectivity index (χ0v) is 16.1. The lowest BCUT2D eigenvalue weighted by Crippen LogP contribution is -2.48. The molecule has 3 N–H and O–H groups in total. The Balaban J connectivity index is 1.58. The van der Waals surface area contributed by atoms with Gasteiger partial charge in [0.1, 0.15) is 0 Å². The first-order valence-corrected chi connectivity index (χ1v) is 9.54. The molecule has 0 aliphatic carbocycles. The molecule has 0 radical (unpaired) electrons. The van der Waals surface area contributed by atoms with Gasteiger partial charge in [-0.25, -0.2) is 0 Å². The first kappa shape index (κ1) is 19.7. The van der Waals surface area contributed by atoms with Crippen LogP contribution in [0.25, 0.3) is 0 Å². The third kappa shape index (κ3) is 7.40. The minimum Gasteiger partial charge on any atom is -0.361 e. The van der Waals surface area contributed by atoms with E-state index in [9.17, 15) is 4.79 Å². The highest BCUT2D eigenvalue weighted by Gasteiger charge is 2.19. The van der Waals surface area contributed by atoms with Crippen molar-refractivity contribution in [3.63, 3.8) is 0 Å². The maximum Gasteiger partial charge on any atom is 0.222 e. The van der Waals surface area contributed by atoms with Crippen molar-refractivity contribution in [1.82, 2.24) is 20.9 Å². The summed E-state index contributed by atoms with van der Waals surface area (Å²) in [5.74, 6) is 0.0950. The number of hydrogen-bond acceptors (Lipinski definition) is 3. The summed E-state index contributed by atoms with van der Waals surface area (Å²) in [6.07, 6.45) is 2.19. The van der Waals surface area contributed by atoms with Crippen LogP contribution in [-0.4, -0.2) is 48.1 Å². The normalized spacial score (nSPS) is 15.8. The van der Waals surface area contributed by atoms with Gasteiger partial charge in [0.25, 0.3) is 0 Å². The number of piperidine rings is 1. The third-order valence-corrected chi connectivity index (χ3v) is 4.67. The zero-order chi connectivity index (χ0) is 18.1. The number of nitrogens with zero attached hydrogens (tertiary/aromatic N) is 1. The molecule has 1 saturated heterocycles. The molecular weight excluding hydrogens is 332 g/mol. The summed E-state index contributed by atoms with van der Waals surface area (Å²) in [6, 6.07) is 11.0. The molecule has 0 aromatic heterocycles. The summed E-state index contributed by atoms with van der Waals surface area (Å²) < 4.78 is 0. The van der Waals surface area contributed by atoms with Crippen molar-refractivity contribution in [3.05, 3.63) is 35.9 Å². The Kier molecular flexibility index (Phi) is 8.15. The standard InChI is InChI=1S/C19H30N4OS/c1-15(2)18(24)20-10-11-21-19(25)22-17-8-12-23(13-9-17)14-16-6-4-3-5-7-16/h3-7,15,17H,8-14H2,1-2H3,(H,20,24)(H2,21,22,25). The summed E-state index contributed by atoms with van der Waals surface area (Å²) in [5.41, 5.74) is 1.37. The second-order valence-corrected chi connectivity index (χ2v) is 7.29. The Hall–Kier alpha value is -1.66. The fraction of sp³-hybridized carbons (Fsp3) is 0.579. The van der Waals surface area contributed by atoms with Crippen molar-refractivity contribution < 1.29 is 4.79 Å². The maximum atomic E-state index is 11.5. The number of carbonyl (C=O) groups excluding carboxylic acids is 1. The number of amides is 1. The lowest BCUT2D eigenvalue weighted by Gasteiger charge is -2.33. The number of likely N-dealkylation sites (tertiary alicyclic amines) is 1. The molecule has 1 aliphatic heterocycles. The number of hydrogen-bond donors (Lipinski definition) is 3. The van der Waals surface area contributed by atoms with Crippen LogP contribution in [0.2, 0.25) is 0 Å². The van der Waals surface area contributed by atoms with E-state index in [1.807, 2.05) is 13.8 Å². The van der Waals surface area contributed by atoms with Gasteiger partial charge in [-0.05, 0) is 30.6 Å². The van der Waals surface area contributed by atoms with Crippen LogP contribution in [0, 0.1) is 5.92 Å². The molecule has 2 rings (SSSR count). The summed E-state index contributed by atoms with van der Waals surface area (Å²) in [7, 11) is 0. The van der Waals surface area contributed by atoms with Gasteiger partial charge in [0, 0.05) is 44.7 Å². The van der Waals surface area contributed by atoms with Gasteiger partial charge in [-0.15, -0.1) is 0 Å². The predicted octanol–water partition coefficient (Wildman–Crippen LogP) is 1.89. The average Bonchev–Trinajstić information content (AvgIpc) is 2.61. The first-order valence-electron chi connectivity index (χ1n) is 9.13. The topological polar surface area (TPSA) is 56.4 Å². The summed E-state index contributed by atoms with van der Waals surface area (Å²) >= 11 is 5.35. The Morgan fingerprint density at radius 3 is 2.44 bits per heavy atom. The van der Waals surface area contributed by atoms with E-state index in [1.165, 1.54) is 5.56 Å².